The van der Waals surface area contributed by atoms with Gasteiger partial charge in [0.1, 0.15) is 55.1 Å². The summed E-state index contributed by atoms with van der Waals surface area (Å²) in [5, 5.41) is 82.8. The van der Waals surface area contributed by atoms with Crippen molar-refractivity contribution in [2.45, 2.75) is 125 Å². The number of hydrogen-bond donors (Lipinski definition) is 10. The van der Waals surface area contributed by atoms with Crippen molar-refractivity contribution in [3.8, 4) is 0 Å². The average molecular weight is 655 g/mol. The predicted molar refractivity (Wildman–Crippen MR) is 152 cm³/mol. The minimum absolute atomic E-state index is 0.0920. The largest absolute Gasteiger partial charge is 0.394 e. The van der Waals surface area contributed by atoms with Crippen molar-refractivity contribution in [1.82, 2.24) is 10.6 Å². The van der Waals surface area contributed by atoms with Crippen LogP contribution in [0.3, 0.4) is 0 Å². The lowest BCUT2D eigenvalue weighted by Gasteiger charge is -2.39. The lowest BCUT2D eigenvalue weighted by molar-refractivity contribution is -0.301. The highest BCUT2D eigenvalue weighted by molar-refractivity contribution is 5.79. The molecule has 0 aromatic heterocycles. The van der Waals surface area contributed by atoms with E-state index in [-0.39, 0.29) is 37.9 Å². The van der Waals surface area contributed by atoms with Crippen molar-refractivity contribution in [3.05, 3.63) is 0 Å². The van der Waals surface area contributed by atoms with Crippen molar-refractivity contribution < 1.29 is 74.2 Å². The summed E-state index contributed by atoms with van der Waals surface area (Å²) in [6.45, 7) is -0.490. The Bertz CT molecular complexity index is 866. The van der Waals surface area contributed by atoms with E-state index in [9.17, 15) is 55.2 Å². The Balaban J connectivity index is 1.48. The zero-order valence-corrected chi connectivity index (χ0v) is 25.3. The minimum Gasteiger partial charge on any atom is -0.394 e. The number of carbonyl (C=O) groups is 3. The van der Waals surface area contributed by atoms with Crippen LogP contribution in [0.5, 0.6) is 0 Å². The van der Waals surface area contributed by atoms with Crippen LogP contribution in [0.25, 0.3) is 0 Å². The Morgan fingerprint density at radius 3 is 1.62 bits per heavy atom. The Morgan fingerprint density at radius 1 is 0.667 bits per heavy atom. The first-order valence-electron chi connectivity index (χ1n) is 15.4. The van der Waals surface area contributed by atoms with E-state index in [2.05, 4.69) is 10.6 Å². The van der Waals surface area contributed by atoms with Crippen LogP contribution in [0.4, 0.5) is 0 Å². The van der Waals surface area contributed by atoms with Crippen LogP contribution < -0.4 is 10.6 Å². The van der Waals surface area contributed by atoms with Gasteiger partial charge in [-0.15, -0.1) is 0 Å². The third-order valence-electron chi connectivity index (χ3n) is 7.63. The Morgan fingerprint density at radius 2 is 1.16 bits per heavy atom. The monoisotopic (exact) mass is 654 g/mol. The highest BCUT2D eigenvalue weighted by Gasteiger charge is 2.45. The third kappa shape index (κ3) is 13.0. The van der Waals surface area contributed by atoms with Crippen molar-refractivity contribution in [1.29, 1.82) is 0 Å². The van der Waals surface area contributed by atoms with Crippen molar-refractivity contribution in [2.75, 3.05) is 33.0 Å². The lowest BCUT2D eigenvalue weighted by atomic mass is 9.99. The van der Waals surface area contributed by atoms with Gasteiger partial charge in [0, 0.05) is 32.6 Å². The van der Waals surface area contributed by atoms with Gasteiger partial charge < -0.3 is 75.2 Å². The summed E-state index contributed by atoms with van der Waals surface area (Å²) in [5.74, 6) is -0.484. The molecule has 0 spiro atoms. The molecule has 2 amide bonds. The van der Waals surface area contributed by atoms with Gasteiger partial charge in [-0.2, -0.15) is 0 Å². The normalized spacial score (nSPS) is 32.5. The Kier molecular flexibility index (Phi) is 18.4. The molecule has 0 aromatic carbocycles. The summed E-state index contributed by atoms with van der Waals surface area (Å²) in [6, 6.07) is -0.665. The average Bonchev–Trinajstić information content (AvgIpc) is 3.03. The van der Waals surface area contributed by atoms with E-state index in [1.54, 1.807) is 0 Å². The SMILES string of the molecule is O=C[C@@H](CCCCNC(=O)CCCCOC1OC(CO)C(O)C(O)C1O)NC(=O)CCCCOC1OC(CO)C(O)C(O)C1O. The van der Waals surface area contributed by atoms with Gasteiger partial charge in [-0.05, 0) is 44.9 Å². The molecule has 45 heavy (non-hydrogen) atoms. The number of hydrogen-bond acceptors (Lipinski definition) is 15. The molecule has 17 heteroatoms. The topological polar surface area (TPSA) is 274 Å². The van der Waals surface area contributed by atoms with Gasteiger partial charge in [0.15, 0.2) is 12.6 Å². The van der Waals surface area contributed by atoms with E-state index < -0.39 is 80.7 Å². The number of aliphatic hydroxyl groups is 8. The number of aldehydes is 1. The third-order valence-corrected chi connectivity index (χ3v) is 7.63. The van der Waals surface area contributed by atoms with E-state index in [4.69, 9.17) is 18.9 Å². The number of carbonyl (C=O) groups excluding carboxylic acids is 3. The van der Waals surface area contributed by atoms with Gasteiger partial charge in [-0.3, -0.25) is 9.59 Å². The number of nitrogens with one attached hydrogen (secondary N) is 2. The van der Waals surface area contributed by atoms with E-state index in [0.717, 1.165) is 0 Å². The summed E-state index contributed by atoms with van der Waals surface area (Å²) in [7, 11) is 0. The van der Waals surface area contributed by atoms with Crippen LogP contribution in [0, 0.1) is 0 Å². The summed E-state index contributed by atoms with van der Waals surface area (Å²) < 4.78 is 21.3. The molecule has 2 aliphatic rings. The molecule has 11 atom stereocenters. The first-order valence-corrected chi connectivity index (χ1v) is 15.4. The highest BCUT2D eigenvalue weighted by Crippen LogP contribution is 2.23. The van der Waals surface area contributed by atoms with E-state index in [1.807, 2.05) is 0 Å². The number of amides is 2. The maximum atomic E-state index is 12.2. The first kappa shape index (κ1) is 39.3. The predicted octanol–water partition coefficient (Wildman–Crippen LogP) is -4.07. The van der Waals surface area contributed by atoms with E-state index in [1.165, 1.54) is 0 Å². The van der Waals surface area contributed by atoms with Crippen molar-refractivity contribution in [3.63, 3.8) is 0 Å². The maximum absolute atomic E-state index is 12.2. The Hall–Kier alpha value is -1.87. The van der Waals surface area contributed by atoms with Gasteiger partial charge in [-0.1, -0.05) is 0 Å². The fourth-order valence-corrected chi connectivity index (χ4v) is 4.84. The maximum Gasteiger partial charge on any atom is 0.220 e. The number of rotatable bonds is 21. The molecule has 0 saturated carbocycles. The number of ether oxygens (including phenoxy) is 4. The first-order chi connectivity index (χ1) is 21.5. The number of aliphatic hydroxyl groups excluding tert-OH is 8. The van der Waals surface area contributed by atoms with Crippen LogP contribution in [0.2, 0.25) is 0 Å². The molecule has 2 aliphatic heterocycles. The number of unbranched alkanes of at least 4 members (excludes halogenated alkanes) is 3. The summed E-state index contributed by atoms with van der Waals surface area (Å²) in [5.41, 5.74) is 0. The molecule has 2 fully saturated rings. The molecule has 2 rings (SSSR count). The Labute approximate surface area is 261 Å². The zero-order valence-electron chi connectivity index (χ0n) is 25.3. The van der Waals surface area contributed by atoms with Gasteiger partial charge in [0.25, 0.3) is 0 Å². The molecule has 0 aliphatic carbocycles. The second-order valence-electron chi connectivity index (χ2n) is 11.2. The molecule has 10 unspecified atom stereocenters. The standard InChI is InChI=1S/C28H50N2O15/c31-13-16(30-20(35)9-3-6-12-43-28-26(41)24(39)22(37)18(15-33)45-28)7-1-4-10-29-19(34)8-2-5-11-42-27-25(40)23(38)21(36)17(14-32)44-27/h13,16-18,21-28,32-33,36-41H,1-12,14-15H2,(H,29,34)(H,30,35)/t16-,17?,18?,21?,22?,23?,24?,25?,26?,27?,28?/m1/s1. The zero-order chi connectivity index (χ0) is 33.4. The van der Waals surface area contributed by atoms with Crippen LogP contribution >= 0.6 is 0 Å². The van der Waals surface area contributed by atoms with Gasteiger partial charge >= 0.3 is 0 Å². The smallest absolute Gasteiger partial charge is 0.220 e. The summed E-state index contributed by atoms with van der Waals surface area (Å²) >= 11 is 0. The van der Waals surface area contributed by atoms with E-state index >= 15 is 0 Å². The molecule has 0 radical (unpaired) electrons. The van der Waals surface area contributed by atoms with Gasteiger partial charge in [0.05, 0.1) is 19.3 Å². The van der Waals surface area contributed by atoms with Crippen molar-refractivity contribution >= 4 is 18.1 Å². The lowest BCUT2D eigenvalue weighted by Crippen LogP contribution is -2.59. The van der Waals surface area contributed by atoms with E-state index in [0.29, 0.717) is 57.8 Å². The van der Waals surface area contributed by atoms with Crippen LogP contribution in [0.15, 0.2) is 0 Å². The van der Waals surface area contributed by atoms with Crippen LogP contribution in [-0.2, 0) is 33.3 Å². The second kappa shape index (κ2) is 21.1. The molecule has 10 N–H and O–H groups in total. The molecule has 0 bridgehead atoms. The molecule has 0 aromatic rings. The molecule has 2 heterocycles. The van der Waals surface area contributed by atoms with Crippen LogP contribution in [0.1, 0.15) is 57.8 Å². The molecule has 2 saturated heterocycles. The van der Waals surface area contributed by atoms with Crippen LogP contribution in [-0.4, -0.2) is 159 Å². The van der Waals surface area contributed by atoms with Gasteiger partial charge in [0.2, 0.25) is 11.8 Å². The minimum atomic E-state index is -1.53. The highest BCUT2D eigenvalue weighted by atomic mass is 16.7. The molecule has 262 valence electrons. The summed E-state index contributed by atoms with van der Waals surface area (Å²) in [4.78, 5) is 35.6. The van der Waals surface area contributed by atoms with Gasteiger partial charge in [-0.25, -0.2) is 0 Å². The summed E-state index contributed by atoms with van der Waals surface area (Å²) in [6.07, 6.45) is -9.09. The fourth-order valence-electron chi connectivity index (χ4n) is 4.84. The van der Waals surface area contributed by atoms with Crippen molar-refractivity contribution in [2.24, 2.45) is 0 Å². The molecular formula is C28H50N2O15. The second-order valence-corrected chi connectivity index (χ2v) is 11.2. The fraction of sp³-hybridized carbons (Fsp3) is 0.893. The molecule has 17 nitrogen and oxygen atoms in total. The molecular weight excluding hydrogens is 604 g/mol. The quantitative estimate of drug-likeness (QED) is 0.0416.